The second kappa shape index (κ2) is 9.77. The molecule has 0 aromatic carbocycles. The number of rotatable bonds is 7. The highest BCUT2D eigenvalue weighted by Crippen LogP contribution is 2.26. The van der Waals surface area contributed by atoms with Crippen molar-refractivity contribution in [3.63, 3.8) is 0 Å². The largest absolute Gasteiger partial charge is 0.388 e. The number of alkyl halides is 2. The Morgan fingerprint density at radius 1 is 1.08 bits per heavy atom. The Kier molecular flexibility index (Phi) is 8.03. The van der Waals surface area contributed by atoms with Crippen LogP contribution in [-0.4, -0.2) is 59.4 Å². The molecule has 140 valence electrons. The van der Waals surface area contributed by atoms with Crippen LogP contribution in [0.25, 0.3) is 0 Å². The molecular formula is C17H29F2NO4. The van der Waals surface area contributed by atoms with Crippen molar-refractivity contribution in [1.82, 2.24) is 5.32 Å². The van der Waals surface area contributed by atoms with Crippen LogP contribution in [0.4, 0.5) is 8.78 Å². The summed E-state index contributed by atoms with van der Waals surface area (Å²) in [6.07, 6.45) is 6.06. The molecule has 0 amide bonds. The monoisotopic (exact) mass is 349 g/mol. The number of ether oxygens (including phenoxy) is 1. The van der Waals surface area contributed by atoms with E-state index < -0.39 is 37.6 Å². The van der Waals surface area contributed by atoms with Crippen molar-refractivity contribution in [2.45, 2.75) is 75.9 Å². The van der Waals surface area contributed by atoms with Gasteiger partial charge in [0, 0.05) is 0 Å². The molecule has 4 N–H and O–H groups in total. The third kappa shape index (κ3) is 5.74. The minimum atomic E-state index is -2.94. The van der Waals surface area contributed by atoms with E-state index in [1.54, 1.807) is 0 Å². The lowest BCUT2D eigenvalue weighted by molar-refractivity contribution is -0.129. The molecule has 2 rings (SSSR count). The topological polar surface area (TPSA) is 82.0 Å². The van der Waals surface area contributed by atoms with Crippen molar-refractivity contribution in [2.75, 3.05) is 13.2 Å². The fraction of sp³-hybridized carbons (Fsp3) is 0.882. The second-order valence-electron chi connectivity index (χ2n) is 6.87. The molecule has 0 saturated heterocycles. The molecule has 5 nitrogen and oxygen atoms in total. The highest BCUT2D eigenvalue weighted by Gasteiger charge is 2.37. The van der Waals surface area contributed by atoms with E-state index in [9.17, 15) is 24.1 Å². The van der Waals surface area contributed by atoms with E-state index in [4.69, 9.17) is 0 Å². The minimum absolute atomic E-state index is 0.167. The minimum Gasteiger partial charge on any atom is -0.388 e. The van der Waals surface area contributed by atoms with Crippen molar-refractivity contribution in [3.05, 3.63) is 11.6 Å². The number of aliphatic hydroxyl groups excluding tert-OH is 3. The molecule has 0 spiro atoms. The van der Waals surface area contributed by atoms with E-state index in [0.29, 0.717) is 12.5 Å². The molecule has 0 radical (unpaired) electrons. The average Bonchev–Trinajstić information content (AvgIpc) is 2.82. The summed E-state index contributed by atoms with van der Waals surface area (Å²) >= 11 is 0. The number of hydrogen-bond acceptors (Lipinski definition) is 5. The predicted octanol–water partition coefficient (Wildman–Crippen LogP) is 1.57. The van der Waals surface area contributed by atoms with Crippen LogP contribution in [0.2, 0.25) is 0 Å². The summed E-state index contributed by atoms with van der Waals surface area (Å²) < 4.78 is 28.6. The first-order valence-electron chi connectivity index (χ1n) is 8.87. The summed E-state index contributed by atoms with van der Waals surface area (Å²) in [5.74, 6) is 0.668. The third-order valence-corrected chi connectivity index (χ3v) is 5.10. The van der Waals surface area contributed by atoms with Crippen LogP contribution < -0.4 is 5.32 Å². The molecule has 1 saturated carbocycles. The van der Waals surface area contributed by atoms with Crippen LogP contribution in [0.5, 0.6) is 0 Å². The molecule has 0 aromatic heterocycles. The Hall–Kier alpha value is -0.600. The van der Waals surface area contributed by atoms with Crippen LogP contribution in [-0.2, 0) is 4.74 Å². The number of nitrogens with one attached hydrogen (secondary N) is 1. The van der Waals surface area contributed by atoms with Crippen LogP contribution >= 0.6 is 0 Å². The van der Waals surface area contributed by atoms with Crippen molar-refractivity contribution < 1.29 is 28.8 Å². The highest BCUT2D eigenvalue weighted by atomic mass is 19.3. The van der Waals surface area contributed by atoms with Gasteiger partial charge in [-0.15, -0.1) is 0 Å². The quantitative estimate of drug-likeness (QED) is 0.414. The van der Waals surface area contributed by atoms with Gasteiger partial charge in [0.25, 0.3) is 0 Å². The van der Waals surface area contributed by atoms with Crippen LogP contribution in [0.15, 0.2) is 11.6 Å². The molecule has 0 bridgehead atoms. The smallest absolute Gasteiger partial charge is 0.345 e. The molecule has 0 unspecified atom stereocenters. The van der Waals surface area contributed by atoms with Crippen LogP contribution in [0.3, 0.4) is 0 Å². The van der Waals surface area contributed by atoms with Gasteiger partial charge >= 0.3 is 6.61 Å². The van der Waals surface area contributed by atoms with Gasteiger partial charge < -0.3 is 25.4 Å². The van der Waals surface area contributed by atoms with Crippen LogP contribution in [0.1, 0.15) is 44.9 Å². The Labute approximate surface area is 141 Å². The van der Waals surface area contributed by atoms with Gasteiger partial charge in [-0.25, -0.2) is 0 Å². The maximum absolute atomic E-state index is 12.2. The van der Waals surface area contributed by atoms with E-state index in [1.165, 1.54) is 44.6 Å². The zero-order chi connectivity index (χ0) is 17.5. The zero-order valence-electron chi connectivity index (χ0n) is 13.9. The van der Waals surface area contributed by atoms with E-state index >= 15 is 0 Å². The van der Waals surface area contributed by atoms with Crippen LogP contribution in [0, 0.1) is 5.92 Å². The predicted molar refractivity (Wildman–Crippen MR) is 85.7 cm³/mol. The lowest BCUT2D eigenvalue weighted by atomic mass is 9.88. The lowest BCUT2D eigenvalue weighted by Gasteiger charge is -2.35. The van der Waals surface area contributed by atoms with E-state index in [1.807, 2.05) is 0 Å². The first-order valence-corrected chi connectivity index (χ1v) is 8.87. The van der Waals surface area contributed by atoms with Crippen molar-refractivity contribution >= 4 is 0 Å². The van der Waals surface area contributed by atoms with Gasteiger partial charge in [0.2, 0.25) is 0 Å². The molecule has 0 heterocycles. The molecule has 24 heavy (non-hydrogen) atoms. The van der Waals surface area contributed by atoms with Gasteiger partial charge in [-0.1, -0.05) is 44.6 Å². The Bertz CT molecular complexity index is 400. The molecule has 0 aliphatic heterocycles. The summed E-state index contributed by atoms with van der Waals surface area (Å²) in [5.41, 5.74) is 0.167. The first kappa shape index (κ1) is 19.7. The molecule has 7 heteroatoms. The summed E-state index contributed by atoms with van der Waals surface area (Å²) in [4.78, 5) is 0. The zero-order valence-corrected chi connectivity index (χ0v) is 13.9. The normalized spacial score (nSPS) is 32.7. The summed E-state index contributed by atoms with van der Waals surface area (Å²) in [5, 5.41) is 33.0. The molecule has 4 atom stereocenters. The molecule has 1 fully saturated rings. The Morgan fingerprint density at radius 2 is 1.75 bits per heavy atom. The third-order valence-electron chi connectivity index (χ3n) is 5.10. The fourth-order valence-corrected chi connectivity index (χ4v) is 3.63. The van der Waals surface area contributed by atoms with Crippen molar-refractivity contribution in [3.8, 4) is 0 Å². The van der Waals surface area contributed by atoms with E-state index in [0.717, 1.165) is 6.42 Å². The van der Waals surface area contributed by atoms with Crippen molar-refractivity contribution in [1.29, 1.82) is 0 Å². The fourth-order valence-electron chi connectivity index (χ4n) is 3.63. The van der Waals surface area contributed by atoms with Gasteiger partial charge in [0.1, 0.15) is 18.3 Å². The number of hydrogen-bond donors (Lipinski definition) is 4. The van der Waals surface area contributed by atoms with E-state index in [-0.39, 0.29) is 5.57 Å². The van der Waals surface area contributed by atoms with Gasteiger partial charge in [-0.3, -0.25) is 0 Å². The standard InChI is InChI=1S/C17H29F2NO4/c18-17(19)24-10-12-9-13(15(22)16(23)14(12)21)20-8-7-11-5-3-1-2-4-6-11/h9,11,13-17,20-23H,1-8,10H2/t13-,14+,15+,16+/m1/s1. The SMILES string of the molecule is O[C@@H]1[C@@H](O)[C@@H](O)C(COC(F)F)=C[C@H]1NCCC1CCCCCC1. The Balaban J connectivity index is 1.86. The molecule has 2 aliphatic rings. The first-order chi connectivity index (χ1) is 11.5. The average molecular weight is 349 g/mol. The van der Waals surface area contributed by atoms with Crippen molar-refractivity contribution in [2.24, 2.45) is 5.92 Å². The lowest BCUT2D eigenvalue weighted by Crippen LogP contribution is -2.54. The summed E-state index contributed by atoms with van der Waals surface area (Å²) in [6.45, 7) is -2.73. The van der Waals surface area contributed by atoms with E-state index in [2.05, 4.69) is 10.1 Å². The van der Waals surface area contributed by atoms with Gasteiger partial charge in [0.05, 0.1) is 12.6 Å². The van der Waals surface area contributed by atoms with Gasteiger partial charge in [-0.05, 0) is 24.5 Å². The summed E-state index contributed by atoms with van der Waals surface area (Å²) in [6, 6.07) is -0.578. The summed E-state index contributed by atoms with van der Waals surface area (Å²) in [7, 11) is 0. The second-order valence-corrected chi connectivity index (χ2v) is 6.87. The molecule has 0 aromatic rings. The molecule has 2 aliphatic carbocycles. The maximum Gasteiger partial charge on any atom is 0.345 e. The maximum atomic E-state index is 12.2. The van der Waals surface area contributed by atoms with Gasteiger partial charge in [0.15, 0.2) is 0 Å². The highest BCUT2D eigenvalue weighted by molar-refractivity contribution is 5.21. The van der Waals surface area contributed by atoms with Gasteiger partial charge in [-0.2, -0.15) is 8.78 Å². The molecular weight excluding hydrogens is 320 g/mol. The number of halogens is 2. The Morgan fingerprint density at radius 3 is 2.38 bits per heavy atom. The number of aliphatic hydroxyl groups is 3.